The van der Waals surface area contributed by atoms with E-state index >= 15 is 0 Å². The number of alkyl halides is 3. The minimum absolute atomic E-state index is 0.00327. The van der Waals surface area contributed by atoms with Crippen molar-refractivity contribution in [1.82, 2.24) is 5.32 Å². The van der Waals surface area contributed by atoms with Crippen molar-refractivity contribution >= 4 is 28.7 Å². The fourth-order valence-corrected chi connectivity index (χ4v) is 2.45. The molecule has 0 fully saturated rings. The molecule has 1 aliphatic heterocycles. The fourth-order valence-electron chi connectivity index (χ4n) is 1.05. The molecule has 0 saturated carbocycles. The number of thioether (sulfide) groups is 2. The summed E-state index contributed by atoms with van der Waals surface area (Å²) in [6.45, 7) is 3.16. The van der Waals surface area contributed by atoms with Crippen LogP contribution in [-0.4, -0.2) is 34.8 Å². The molecule has 0 aromatic rings. The summed E-state index contributed by atoms with van der Waals surface area (Å²) in [6.07, 6.45) is 1.04. The van der Waals surface area contributed by atoms with Crippen LogP contribution < -0.4 is 5.32 Å². The van der Waals surface area contributed by atoms with Gasteiger partial charge in [0, 0.05) is 17.5 Å². The van der Waals surface area contributed by atoms with Crippen molar-refractivity contribution < 1.29 is 13.2 Å². The number of nitrogens with one attached hydrogen (secondary N) is 1. The molecule has 0 radical (unpaired) electrons. The highest BCUT2D eigenvalue weighted by Gasteiger charge is 2.27. The zero-order chi connectivity index (χ0) is 11.3. The van der Waals surface area contributed by atoms with Gasteiger partial charge in [0.25, 0.3) is 0 Å². The lowest BCUT2D eigenvalue weighted by molar-refractivity contribution is -0.0327. The Balaban J connectivity index is 2.07. The van der Waals surface area contributed by atoms with E-state index in [4.69, 9.17) is 0 Å². The molecule has 88 valence electrons. The maximum Gasteiger partial charge on any atom is 0.441 e. The number of nitrogens with zero attached hydrogens (tertiary/aromatic N) is 1. The first-order valence-corrected chi connectivity index (χ1v) is 6.53. The van der Waals surface area contributed by atoms with Crippen LogP contribution in [0, 0.1) is 0 Å². The van der Waals surface area contributed by atoms with Gasteiger partial charge in [0.05, 0.1) is 6.54 Å². The largest absolute Gasteiger partial charge is 0.441 e. The fraction of sp³-hybridized carbons (Fsp3) is 0.875. The summed E-state index contributed by atoms with van der Waals surface area (Å²) in [5, 5.41) is 4.18. The first kappa shape index (κ1) is 13.0. The van der Waals surface area contributed by atoms with Gasteiger partial charge in [-0.05, 0) is 18.2 Å². The number of hydrogen-bond donors (Lipinski definition) is 1. The van der Waals surface area contributed by atoms with Crippen molar-refractivity contribution in [2.45, 2.75) is 24.1 Å². The van der Waals surface area contributed by atoms with Crippen LogP contribution in [-0.2, 0) is 0 Å². The minimum atomic E-state index is -4.13. The lowest BCUT2D eigenvalue weighted by atomic mass is 10.3. The number of rotatable bonds is 4. The van der Waals surface area contributed by atoms with E-state index in [1.807, 2.05) is 0 Å². The SMILES string of the molecule is CCC1CN=C(NCCSC(F)(F)F)S1. The van der Waals surface area contributed by atoms with E-state index in [0.717, 1.165) is 18.1 Å². The predicted molar refractivity (Wildman–Crippen MR) is 60.5 cm³/mol. The molecule has 1 atom stereocenters. The third-order valence-corrected chi connectivity index (χ3v) is 3.86. The highest BCUT2D eigenvalue weighted by atomic mass is 32.2. The Morgan fingerprint density at radius 2 is 2.33 bits per heavy atom. The smallest absolute Gasteiger partial charge is 0.364 e. The third-order valence-electron chi connectivity index (χ3n) is 1.82. The number of halogens is 3. The quantitative estimate of drug-likeness (QED) is 0.785. The van der Waals surface area contributed by atoms with Gasteiger partial charge in [-0.1, -0.05) is 18.7 Å². The summed E-state index contributed by atoms with van der Waals surface area (Å²) in [6, 6.07) is 0. The van der Waals surface area contributed by atoms with Gasteiger partial charge >= 0.3 is 5.51 Å². The second kappa shape index (κ2) is 5.89. The minimum Gasteiger partial charge on any atom is -0.364 e. The first-order valence-electron chi connectivity index (χ1n) is 4.67. The summed E-state index contributed by atoms with van der Waals surface area (Å²) < 4.78 is 35.3. The molecule has 0 spiro atoms. The zero-order valence-electron chi connectivity index (χ0n) is 8.30. The maximum absolute atomic E-state index is 11.8. The van der Waals surface area contributed by atoms with Crippen LogP contribution >= 0.6 is 23.5 Å². The number of aliphatic imine (C=N–C) groups is 1. The molecule has 0 saturated heterocycles. The Hall–Kier alpha value is -0.0400. The molecule has 1 N–H and O–H groups in total. The standard InChI is InChI=1S/C8H13F3N2S2/c1-2-6-5-13-7(15-6)12-3-4-14-8(9,10)11/h6H,2-5H2,1H3,(H,12,13). The van der Waals surface area contributed by atoms with Crippen molar-refractivity contribution in [3.63, 3.8) is 0 Å². The Morgan fingerprint density at radius 1 is 1.60 bits per heavy atom. The van der Waals surface area contributed by atoms with E-state index in [9.17, 15) is 13.2 Å². The van der Waals surface area contributed by atoms with Crippen LogP contribution in [0.4, 0.5) is 13.2 Å². The Bertz CT molecular complexity index is 230. The Morgan fingerprint density at radius 3 is 2.87 bits per heavy atom. The molecule has 0 amide bonds. The highest BCUT2D eigenvalue weighted by Crippen LogP contribution is 2.29. The van der Waals surface area contributed by atoms with Gasteiger partial charge in [-0.15, -0.1) is 0 Å². The molecule has 0 bridgehead atoms. The molecular formula is C8H13F3N2S2. The van der Waals surface area contributed by atoms with Crippen molar-refractivity contribution in [3.8, 4) is 0 Å². The molecule has 1 unspecified atom stereocenters. The van der Waals surface area contributed by atoms with Gasteiger partial charge in [0.15, 0.2) is 5.17 Å². The van der Waals surface area contributed by atoms with Crippen molar-refractivity contribution in [3.05, 3.63) is 0 Å². The average molecular weight is 258 g/mol. The van der Waals surface area contributed by atoms with Gasteiger partial charge in [-0.25, -0.2) is 0 Å². The summed E-state index contributed by atoms with van der Waals surface area (Å²) in [4.78, 5) is 4.20. The van der Waals surface area contributed by atoms with Crippen LogP contribution in [0.1, 0.15) is 13.3 Å². The normalized spacial score (nSPS) is 21.6. The number of hydrogen-bond acceptors (Lipinski definition) is 4. The molecule has 0 aromatic heterocycles. The summed E-state index contributed by atoms with van der Waals surface area (Å²) in [5.41, 5.74) is -4.13. The monoisotopic (exact) mass is 258 g/mol. The van der Waals surface area contributed by atoms with Crippen LogP contribution in [0.2, 0.25) is 0 Å². The molecule has 1 aliphatic rings. The van der Waals surface area contributed by atoms with E-state index in [0.29, 0.717) is 11.8 Å². The predicted octanol–water partition coefficient (Wildman–Crippen LogP) is 2.71. The van der Waals surface area contributed by atoms with E-state index in [1.165, 1.54) is 0 Å². The van der Waals surface area contributed by atoms with Gasteiger partial charge in [0.1, 0.15) is 0 Å². The highest BCUT2D eigenvalue weighted by molar-refractivity contribution is 8.14. The van der Waals surface area contributed by atoms with Gasteiger partial charge < -0.3 is 5.32 Å². The summed E-state index contributed by atoms with van der Waals surface area (Å²) in [5.74, 6) is 0.0277. The van der Waals surface area contributed by atoms with Gasteiger partial charge in [0.2, 0.25) is 0 Å². The second-order valence-electron chi connectivity index (χ2n) is 3.01. The molecule has 1 heterocycles. The van der Waals surface area contributed by atoms with Crippen LogP contribution in [0.15, 0.2) is 4.99 Å². The molecule has 7 heteroatoms. The zero-order valence-corrected chi connectivity index (χ0v) is 9.94. The second-order valence-corrected chi connectivity index (χ2v) is 5.46. The summed E-state index contributed by atoms with van der Waals surface area (Å²) >= 11 is 1.61. The van der Waals surface area contributed by atoms with Crippen LogP contribution in [0.25, 0.3) is 0 Å². The van der Waals surface area contributed by atoms with E-state index in [2.05, 4.69) is 17.2 Å². The summed E-state index contributed by atoms with van der Waals surface area (Å²) in [7, 11) is 0. The van der Waals surface area contributed by atoms with Crippen molar-refractivity contribution in [1.29, 1.82) is 0 Å². The maximum atomic E-state index is 11.8. The first-order chi connectivity index (χ1) is 7.01. The molecule has 0 aromatic carbocycles. The van der Waals surface area contributed by atoms with E-state index in [-0.39, 0.29) is 17.5 Å². The average Bonchev–Trinajstić information content (AvgIpc) is 2.59. The molecular weight excluding hydrogens is 245 g/mol. The molecule has 0 aliphatic carbocycles. The van der Waals surface area contributed by atoms with E-state index in [1.54, 1.807) is 11.8 Å². The van der Waals surface area contributed by atoms with Crippen LogP contribution in [0.5, 0.6) is 0 Å². The molecule has 1 rings (SSSR count). The van der Waals surface area contributed by atoms with Gasteiger partial charge in [-0.3, -0.25) is 4.99 Å². The van der Waals surface area contributed by atoms with Crippen molar-refractivity contribution in [2.75, 3.05) is 18.8 Å². The van der Waals surface area contributed by atoms with E-state index < -0.39 is 5.51 Å². The third kappa shape index (κ3) is 5.55. The molecule has 2 nitrogen and oxygen atoms in total. The van der Waals surface area contributed by atoms with Gasteiger partial charge in [-0.2, -0.15) is 13.2 Å². The topological polar surface area (TPSA) is 24.4 Å². The van der Waals surface area contributed by atoms with Crippen LogP contribution in [0.3, 0.4) is 0 Å². The Kier molecular flexibility index (Phi) is 5.11. The lowest BCUT2D eigenvalue weighted by Gasteiger charge is -2.08. The van der Waals surface area contributed by atoms with Crippen molar-refractivity contribution in [2.24, 2.45) is 4.99 Å². The lowest BCUT2D eigenvalue weighted by Crippen LogP contribution is -2.23. The Labute approximate surface area is 95.5 Å². The molecule has 15 heavy (non-hydrogen) atoms. The number of amidine groups is 1.